The summed E-state index contributed by atoms with van der Waals surface area (Å²) >= 11 is 11.7. The lowest BCUT2D eigenvalue weighted by Gasteiger charge is -2.07. The molecule has 7 nitrogen and oxygen atoms in total. The molecule has 3 N–H and O–H groups in total. The van der Waals surface area contributed by atoms with E-state index in [1.54, 1.807) is 13.0 Å². The van der Waals surface area contributed by atoms with E-state index in [0.717, 1.165) is 0 Å². The maximum atomic E-state index is 11.4. The van der Waals surface area contributed by atoms with E-state index in [1.807, 2.05) is 0 Å². The molecule has 0 spiro atoms. The van der Waals surface area contributed by atoms with Gasteiger partial charge < -0.3 is 10.5 Å². The molecule has 1 aromatic carbocycles. The third-order valence-electron chi connectivity index (χ3n) is 2.19. The second kappa shape index (κ2) is 7.47. The van der Waals surface area contributed by atoms with Gasteiger partial charge in [0, 0.05) is 0 Å². The molecular formula is C12H10Cl2N4O3. The summed E-state index contributed by atoms with van der Waals surface area (Å²) in [7, 11) is 0. The van der Waals surface area contributed by atoms with Crippen LogP contribution in [0.5, 0.6) is 0 Å². The Kier molecular flexibility index (Phi) is 5.96. The molecule has 9 heteroatoms. The smallest absolute Gasteiger partial charge is 0.369 e. The number of hydrogen-bond donors (Lipinski definition) is 2. The topological polar surface area (TPSA) is 118 Å². The minimum atomic E-state index is -0.882. The zero-order valence-electron chi connectivity index (χ0n) is 10.8. The molecule has 0 radical (unpaired) electrons. The summed E-state index contributed by atoms with van der Waals surface area (Å²) in [5.74, 6) is -1.64. The van der Waals surface area contributed by atoms with Crippen molar-refractivity contribution in [1.29, 1.82) is 5.26 Å². The minimum Gasteiger partial charge on any atom is -0.461 e. The maximum absolute atomic E-state index is 11.4. The van der Waals surface area contributed by atoms with Crippen molar-refractivity contribution in [2.75, 3.05) is 12.0 Å². The van der Waals surface area contributed by atoms with E-state index in [2.05, 4.69) is 15.3 Å². The number of esters is 1. The number of hydrazone groups is 1. The van der Waals surface area contributed by atoms with Crippen molar-refractivity contribution in [2.45, 2.75) is 6.92 Å². The molecule has 0 atom stereocenters. The second-order valence-corrected chi connectivity index (χ2v) is 4.40. The van der Waals surface area contributed by atoms with Gasteiger partial charge in [0.2, 0.25) is 11.6 Å². The van der Waals surface area contributed by atoms with Gasteiger partial charge in [-0.2, -0.15) is 10.4 Å². The summed E-state index contributed by atoms with van der Waals surface area (Å²) in [6, 6.07) is 4.13. The number of hydrogen-bond acceptors (Lipinski definition) is 6. The molecule has 21 heavy (non-hydrogen) atoms. The molecule has 1 amide bonds. The average Bonchev–Trinajstić information content (AvgIpc) is 2.41. The van der Waals surface area contributed by atoms with Gasteiger partial charge in [-0.1, -0.05) is 23.2 Å². The van der Waals surface area contributed by atoms with Crippen LogP contribution in [0.2, 0.25) is 10.0 Å². The van der Waals surface area contributed by atoms with Crippen molar-refractivity contribution in [1.82, 2.24) is 0 Å². The fourth-order valence-electron chi connectivity index (χ4n) is 1.26. The Hall–Kier alpha value is -2.30. The third kappa shape index (κ3) is 4.34. The molecule has 0 aliphatic rings. The summed E-state index contributed by atoms with van der Waals surface area (Å²) in [6.45, 7) is 1.70. The standard InChI is InChI=1S/C12H10Cl2N4O3/c1-2-21-12(20)10(5-15)18-17-9-3-6(11(16)19)7(13)4-8(9)14/h3-4,17H,2H2,1H3,(H2,16,19)/b18-10+. The molecule has 0 aromatic heterocycles. The molecule has 0 saturated carbocycles. The number of rotatable bonds is 5. The van der Waals surface area contributed by atoms with Gasteiger partial charge in [0.1, 0.15) is 6.07 Å². The van der Waals surface area contributed by atoms with Gasteiger partial charge in [-0.05, 0) is 19.1 Å². The van der Waals surface area contributed by atoms with Crippen LogP contribution in [0.15, 0.2) is 17.2 Å². The number of primary amides is 1. The summed E-state index contributed by atoms with van der Waals surface area (Å²) < 4.78 is 4.63. The molecule has 0 aliphatic carbocycles. The lowest BCUT2D eigenvalue weighted by Crippen LogP contribution is -2.17. The van der Waals surface area contributed by atoms with Crippen LogP contribution >= 0.6 is 23.2 Å². The molecule has 0 unspecified atom stereocenters. The summed E-state index contributed by atoms with van der Waals surface area (Å²) in [5, 5.41) is 12.6. The number of nitriles is 1. The van der Waals surface area contributed by atoms with Gasteiger partial charge in [0.05, 0.1) is 27.9 Å². The second-order valence-electron chi connectivity index (χ2n) is 3.58. The van der Waals surface area contributed by atoms with E-state index < -0.39 is 17.6 Å². The zero-order chi connectivity index (χ0) is 16.0. The van der Waals surface area contributed by atoms with Gasteiger partial charge >= 0.3 is 5.97 Å². The number of anilines is 1. The quantitative estimate of drug-likeness (QED) is 0.486. The summed E-state index contributed by atoms with van der Waals surface area (Å²) in [6.07, 6.45) is 0. The largest absolute Gasteiger partial charge is 0.461 e. The van der Waals surface area contributed by atoms with Gasteiger partial charge in [0.15, 0.2) is 0 Å². The monoisotopic (exact) mass is 328 g/mol. The Labute approximate surface area is 130 Å². The Bertz CT molecular complexity index is 653. The molecular weight excluding hydrogens is 319 g/mol. The number of amides is 1. The SMILES string of the molecule is CCOC(=O)/C(C#N)=N/Nc1cc(C(N)=O)c(Cl)cc1Cl. The first-order valence-electron chi connectivity index (χ1n) is 5.60. The van der Waals surface area contributed by atoms with Crippen LogP contribution < -0.4 is 11.2 Å². The van der Waals surface area contributed by atoms with Gasteiger partial charge in [-0.25, -0.2) is 4.79 Å². The van der Waals surface area contributed by atoms with E-state index in [-0.39, 0.29) is 27.9 Å². The number of nitrogens with two attached hydrogens (primary N) is 1. The Balaban J connectivity index is 3.08. The fraction of sp³-hybridized carbons (Fsp3) is 0.167. The molecule has 0 fully saturated rings. The normalized spacial score (nSPS) is 10.7. The number of nitrogens with one attached hydrogen (secondary N) is 1. The lowest BCUT2D eigenvalue weighted by molar-refractivity contribution is -0.134. The molecule has 110 valence electrons. The van der Waals surface area contributed by atoms with E-state index in [9.17, 15) is 9.59 Å². The van der Waals surface area contributed by atoms with Crippen molar-refractivity contribution in [3.8, 4) is 6.07 Å². The first-order chi connectivity index (χ1) is 9.90. The number of benzene rings is 1. The van der Waals surface area contributed by atoms with Crippen LogP contribution in [0.25, 0.3) is 0 Å². The number of ether oxygens (including phenoxy) is 1. The van der Waals surface area contributed by atoms with Crippen LogP contribution in [0.3, 0.4) is 0 Å². The van der Waals surface area contributed by atoms with Gasteiger partial charge in [-0.3, -0.25) is 10.2 Å². The van der Waals surface area contributed by atoms with Gasteiger partial charge in [0.25, 0.3) is 0 Å². The van der Waals surface area contributed by atoms with Gasteiger partial charge in [-0.15, -0.1) is 0 Å². The van der Waals surface area contributed by atoms with E-state index >= 15 is 0 Å². The van der Waals surface area contributed by atoms with E-state index in [1.165, 1.54) is 12.1 Å². The zero-order valence-corrected chi connectivity index (χ0v) is 12.3. The highest BCUT2D eigenvalue weighted by Gasteiger charge is 2.14. The van der Waals surface area contributed by atoms with Crippen LogP contribution in [0.4, 0.5) is 5.69 Å². The highest BCUT2D eigenvalue weighted by Crippen LogP contribution is 2.29. The van der Waals surface area contributed by atoms with Crippen molar-refractivity contribution < 1.29 is 14.3 Å². The van der Waals surface area contributed by atoms with Crippen LogP contribution in [0.1, 0.15) is 17.3 Å². The van der Waals surface area contributed by atoms with Crippen LogP contribution in [-0.2, 0) is 9.53 Å². The molecule has 1 rings (SSSR count). The number of nitrogens with zero attached hydrogens (tertiary/aromatic N) is 2. The Morgan fingerprint density at radius 1 is 1.43 bits per heavy atom. The van der Waals surface area contributed by atoms with Crippen LogP contribution in [0, 0.1) is 11.3 Å². The predicted octanol–water partition coefficient (Wildman–Crippen LogP) is 1.95. The first-order valence-corrected chi connectivity index (χ1v) is 6.36. The molecule has 1 aromatic rings. The van der Waals surface area contributed by atoms with Crippen molar-refractivity contribution in [3.63, 3.8) is 0 Å². The predicted molar refractivity (Wildman–Crippen MR) is 78.3 cm³/mol. The minimum absolute atomic E-state index is 0.0217. The van der Waals surface area contributed by atoms with Crippen molar-refractivity contribution >= 4 is 46.5 Å². The molecule has 0 heterocycles. The average molecular weight is 329 g/mol. The highest BCUT2D eigenvalue weighted by atomic mass is 35.5. The highest BCUT2D eigenvalue weighted by molar-refractivity contribution is 6.43. The fourth-order valence-corrected chi connectivity index (χ4v) is 1.77. The summed E-state index contributed by atoms with van der Waals surface area (Å²) in [5.41, 5.74) is 7.22. The van der Waals surface area contributed by atoms with E-state index in [0.29, 0.717) is 0 Å². The lowest BCUT2D eigenvalue weighted by atomic mass is 10.2. The maximum Gasteiger partial charge on any atom is 0.369 e. The molecule has 0 aliphatic heterocycles. The number of carbonyl (C=O) groups is 2. The van der Waals surface area contributed by atoms with E-state index in [4.69, 9.17) is 34.2 Å². The van der Waals surface area contributed by atoms with Crippen molar-refractivity contribution in [2.24, 2.45) is 10.8 Å². The molecule has 0 bridgehead atoms. The van der Waals surface area contributed by atoms with Crippen LogP contribution in [-0.4, -0.2) is 24.2 Å². The Morgan fingerprint density at radius 3 is 2.62 bits per heavy atom. The first kappa shape index (κ1) is 16.8. The molecule has 0 saturated heterocycles. The Morgan fingerprint density at radius 2 is 2.10 bits per heavy atom. The van der Waals surface area contributed by atoms with Crippen molar-refractivity contribution in [3.05, 3.63) is 27.7 Å². The number of halogens is 2. The number of carbonyl (C=O) groups excluding carboxylic acids is 2. The summed E-state index contributed by atoms with van der Waals surface area (Å²) in [4.78, 5) is 22.5. The third-order valence-corrected chi connectivity index (χ3v) is 2.81.